The van der Waals surface area contributed by atoms with Gasteiger partial charge in [-0.2, -0.15) is 0 Å². The molecule has 1 aromatic carbocycles. The highest BCUT2D eigenvalue weighted by atomic mass is 35.5. The number of carbonyl (C=O) groups is 1. The molecule has 2 aromatic rings. The monoisotopic (exact) mass is 368 g/mol. The van der Waals surface area contributed by atoms with Crippen LogP contribution in [0.25, 0.3) is 0 Å². The number of hydrogen-bond donors (Lipinski definition) is 2. The summed E-state index contributed by atoms with van der Waals surface area (Å²) in [6.45, 7) is 3.77. The number of hydrogen-bond acceptors (Lipinski definition) is 6. The van der Waals surface area contributed by atoms with Crippen molar-refractivity contribution in [2.24, 2.45) is 11.8 Å². The first-order valence-electron chi connectivity index (χ1n) is 7.62. The molecule has 0 bridgehead atoms. The van der Waals surface area contributed by atoms with E-state index in [1.54, 1.807) is 7.11 Å². The Kier molecular flexibility index (Phi) is 6.53. The summed E-state index contributed by atoms with van der Waals surface area (Å²) in [5.74, 6) is 1.24. The fourth-order valence-corrected chi connectivity index (χ4v) is 3.21. The third-order valence-corrected chi connectivity index (χ3v) is 4.96. The van der Waals surface area contributed by atoms with Crippen molar-refractivity contribution in [3.63, 3.8) is 0 Å². The van der Waals surface area contributed by atoms with Crippen molar-refractivity contribution >= 4 is 34.8 Å². The van der Waals surface area contributed by atoms with Crippen molar-refractivity contribution in [1.82, 2.24) is 15.5 Å². The average Bonchev–Trinajstić information content (AvgIpc) is 2.92. The average molecular weight is 369 g/mol. The molecule has 0 aliphatic carbocycles. The van der Waals surface area contributed by atoms with Gasteiger partial charge in [0.15, 0.2) is 0 Å². The minimum atomic E-state index is -0.0121. The van der Waals surface area contributed by atoms with Crippen LogP contribution in [0.15, 0.2) is 24.3 Å². The van der Waals surface area contributed by atoms with Gasteiger partial charge in [-0.1, -0.05) is 30.4 Å². The standard InChI is InChI=1S/C16H20N4O2S.ClH/c1-10(12-8-17-9-12)15(21)18-16-20-19-14(23-16)7-11-4-3-5-13(6-11)22-2;/h3-6,10,12,17H,7-9H2,1-2H3,(H,18,20,21);1H. The summed E-state index contributed by atoms with van der Waals surface area (Å²) in [5.41, 5.74) is 1.10. The molecule has 2 N–H and O–H groups in total. The fraction of sp³-hybridized carbons (Fsp3) is 0.438. The predicted molar refractivity (Wildman–Crippen MR) is 97.1 cm³/mol. The molecule has 0 saturated carbocycles. The van der Waals surface area contributed by atoms with E-state index < -0.39 is 0 Å². The van der Waals surface area contributed by atoms with E-state index in [-0.39, 0.29) is 24.2 Å². The van der Waals surface area contributed by atoms with Crippen molar-refractivity contribution in [1.29, 1.82) is 0 Å². The SMILES string of the molecule is COc1cccc(Cc2nnc(NC(=O)C(C)C3CNC3)s2)c1.Cl. The highest BCUT2D eigenvalue weighted by Gasteiger charge is 2.29. The minimum absolute atomic E-state index is 0. The molecule has 1 saturated heterocycles. The van der Waals surface area contributed by atoms with Gasteiger partial charge in [-0.25, -0.2) is 0 Å². The second kappa shape index (κ2) is 8.41. The second-order valence-electron chi connectivity index (χ2n) is 5.73. The molecule has 0 radical (unpaired) electrons. The highest BCUT2D eigenvalue weighted by molar-refractivity contribution is 7.15. The first kappa shape index (κ1) is 18.6. The summed E-state index contributed by atoms with van der Waals surface area (Å²) >= 11 is 1.41. The lowest BCUT2D eigenvalue weighted by Gasteiger charge is -2.31. The van der Waals surface area contributed by atoms with Crippen LogP contribution in [0.1, 0.15) is 17.5 Å². The van der Waals surface area contributed by atoms with E-state index >= 15 is 0 Å². The van der Waals surface area contributed by atoms with Gasteiger partial charge in [0.1, 0.15) is 10.8 Å². The quantitative estimate of drug-likeness (QED) is 0.818. The molecule has 3 rings (SSSR count). The maximum Gasteiger partial charge on any atom is 0.229 e. The van der Waals surface area contributed by atoms with Gasteiger partial charge in [-0.3, -0.25) is 4.79 Å². The number of methoxy groups -OCH3 is 1. The molecule has 1 unspecified atom stereocenters. The number of carbonyl (C=O) groups excluding carboxylic acids is 1. The molecular formula is C16H21ClN4O2S. The predicted octanol–water partition coefficient (Wildman–Crippen LogP) is 2.35. The minimum Gasteiger partial charge on any atom is -0.497 e. The van der Waals surface area contributed by atoms with Crippen LogP contribution in [0, 0.1) is 11.8 Å². The van der Waals surface area contributed by atoms with Crippen molar-refractivity contribution < 1.29 is 9.53 Å². The van der Waals surface area contributed by atoms with Gasteiger partial charge in [-0.15, -0.1) is 22.6 Å². The highest BCUT2D eigenvalue weighted by Crippen LogP contribution is 2.23. The third kappa shape index (κ3) is 4.43. The number of amides is 1. The molecule has 1 aliphatic heterocycles. The number of nitrogens with zero attached hydrogens (tertiary/aromatic N) is 2. The summed E-state index contributed by atoms with van der Waals surface area (Å²) in [6.07, 6.45) is 0.673. The van der Waals surface area contributed by atoms with Gasteiger partial charge in [0.2, 0.25) is 11.0 Å². The van der Waals surface area contributed by atoms with Crippen molar-refractivity contribution in [3.8, 4) is 5.75 Å². The summed E-state index contributed by atoms with van der Waals surface area (Å²) < 4.78 is 5.22. The first-order valence-corrected chi connectivity index (χ1v) is 8.44. The number of benzene rings is 1. The zero-order valence-corrected chi connectivity index (χ0v) is 15.2. The number of rotatable bonds is 6. The van der Waals surface area contributed by atoms with Gasteiger partial charge in [-0.05, 0) is 36.7 Å². The lowest BCUT2D eigenvalue weighted by atomic mass is 9.88. The molecule has 6 nitrogen and oxygen atoms in total. The van der Waals surface area contributed by atoms with Gasteiger partial charge in [0.25, 0.3) is 0 Å². The van der Waals surface area contributed by atoms with E-state index in [1.165, 1.54) is 11.3 Å². The van der Waals surface area contributed by atoms with E-state index in [9.17, 15) is 4.79 Å². The summed E-state index contributed by atoms with van der Waals surface area (Å²) in [6, 6.07) is 7.86. The van der Waals surface area contributed by atoms with Crippen LogP contribution >= 0.6 is 23.7 Å². The molecule has 130 valence electrons. The van der Waals surface area contributed by atoms with Crippen LogP contribution < -0.4 is 15.4 Å². The molecule has 8 heteroatoms. The smallest absolute Gasteiger partial charge is 0.229 e. The molecular weight excluding hydrogens is 348 g/mol. The van der Waals surface area contributed by atoms with Crippen LogP contribution in [-0.4, -0.2) is 36.3 Å². The number of halogens is 1. The lowest BCUT2D eigenvalue weighted by Crippen LogP contribution is -2.48. The Hall–Kier alpha value is -1.70. The molecule has 1 fully saturated rings. The van der Waals surface area contributed by atoms with Crippen LogP contribution in [0.4, 0.5) is 5.13 Å². The summed E-state index contributed by atoms with van der Waals surface area (Å²) in [7, 11) is 1.65. The molecule has 1 amide bonds. The third-order valence-electron chi connectivity index (χ3n) is 4.12. The normalized spacial score (nSPS) is 15.1. The maximum absolute atomic E-state index is 12.2. The van der Waals surface area contributed by atoms with E-state index in [0.29, 0.717) is 17.5 Å². The molecule has 1 atom stereocenters. The number of anilines is 1. The number of ether oxygens (including phenoxy) is 1. The van der Waals surface area contributed by atoms with Crippen molar-refractivity contribution in [2.75, 3.05) is 25.5 Å². The summed E-state index contributed by atoms with van der Waals surface area (Å²) in [4.78, 5) is 12.2. The maximum atomic E-state index is 12.2. The van der Waals surface area contributed by atoms with Crippen molar-refractivity contribution in [2.45, 2.75) is 13.3 Å². The Bertz CT molecular complexity index is 690. The van der Waals surface area contributed by atoms with Crippen LogP contribution in [0.3, 0.4) is 0 Å². The Morgan fingerprint density at radius 3 is 2.92 bits per heavy atom. The molecule has 1 aliphatic rings. The lowest BCUT2D eigenvalue weighted by molar-refractivity contribution is -0.121. The van der Waals surface area contributed by atoms with Gasteiger partial charge in [0.05, 0.1) is 7.11 Å². The molecule has 1 aromatic heterocycles. The number of nitrogens with one attached hydrogen (secondary N) is 2. The molecule has 0 spiro atoms. The van der Waals surface area contributed by atoms with E-state index in [1.807, 2.05) is 31.2 Å². The van der Waals surface area contributed by atoms with Crippen molar-refractivity contribution in [3.05, 3.63) is 34.8 Å². The Balaban J connectivity index is 0.00000208. The van der Waals surface area contributed by atoms with E-state index in [0.717, 1.165) is 29.4 Å². The number of aromatic nitrogens is 2. The second-order valence-corrected chi connectivity index (χ2v) is 6.79. The molecule has 2 heterocycles. The van der Waals surface area contributed by atoms with Crippen LogP contribution in [0.2, 0.25) is 0 Å². The Morgan fingerprint density at radius 2 is 2.25 bits per heavy atom. The van der Waals surface area contributed by atoms with Gasteiger partial charge in [0, 0.05) is 12.3 Å². The van der Waals surface area contributed by atoms with Crippen LogP contribution in [0.5, 0.6) is 5.75 Å². The van der Waals surface area contributed by atoms with E-state index in [2.05, 4.69) is 20.8 Å². The Morgan fingerprint density at radius 1 is 1.46 bits per heavy atom. The largest absolute Gasteiger partial charge is 0.497 e. The van der Waals surface area contributed by atoms with Gasteiger partial charge >= 0.3 is 0 Å². The topological polar surface area (TPSA) is 76.1 Å². The van der Waals surface area contributed by atoms with Gasteiger partial charge < -0.3 is 15.4 Å². The molecule has 24 heavy (non-hydrogen) atoms. The van der Waals surface area contributed by atoms with E-state index in [4.69, 9.17) is 4.74 Å². The zero-order chi connectivity index (χ0) is 16.2. The Labute approximate surface area is 151 Å². The zero-order valence-electron chi connectivity index (χ0n) is 13.6. The fourth-order valence-electron chi connectivity index (χ4n) is 2.43. The summed E-state index contributed by atoms with van der Waals surface area (Å²) in [5, 5.41) is 15.7. The first-order chi connectivity index (χ1) is 11.2. The van der Waals surface area contributed by atoms with Crippen LogP contribution in [-0.2, 0) is 11.2 Å².